The number of amides is 2. The maximum Gasteiger partial charge on any atom is 0.333 e. The molecule has 0 saturated heterocycles. The molecule has 1 unspecified atom stereocenters. The summed E-state index contributed by atoms with van der Waals surface area (Å²) in [4.78, 5) is 26.3. The normalized spacial score (nSPS) is 14.5. The van der Waals surface area contributed by atoms with E-state index in [1.54, 1.807) is 20.1 Å². The molecule has 0 spiro atoms. The van der Waals surface area contributed by atoms with Gasteiger partial charge in [-0.2, -0.15) is 0 Å². The fraction of sp³-hybridized carbons (Fsp3) is 0.533. The molecule has 208 valence electrons. The minimum Gasteiger partial charge on any atom is -0.497 e. The van der Waals surface area contributed by atoms with E-state index < -0.39 is 12.1 Å². The Balaban J connectivity index is 1.54. The third kappa shape index (κ3) is 9.89. The molecule has 1 atom stereocenters. The number of rotatable bonds is 15. The second-order valence-corrected chi connectivity index (χ2v) is 9.77. The topological polar surface area (TPSA) is 97.3 Å². The molecule has 0 aliphatic heterocycles. The summed E-state index contributed by atoms with van der Waals surface area (Å²) in [6, 6.07) is 14.5. The number of hydrogen-bond acceptors (Lipinski definition) is 5. The molecular weight excluding hydrogens is 484 g/mol. The van der Waals surface area contributed by atoms with Gasteiger partial charge in [0.1, 0.15) is 18.1 Å². The van der Waals surface area contributed by atoms with E-state index in [-0.39, 0.29) is 6.03 Å². The van der Waals surface area contributed by atoms with Gasteiger partial charge in [-0.15, -0.1) is 0 Å². The number of nitrogens with zero attached hydrogens (tertiary/aromatic N) is 1. The van der Waals surface area contributed by atoms with Gasteiger partial charge in [-0.3, -0.25) is 0 Å². The summed E-state index contributed by atoms with van der Waals surface area (Å²) in [5.41, 5.74) is 1.55. The first kappa shape index (κ1) is 29.3. The Hall–Kier alpha value is -3.26. The van der Waals surface area contributed by atoms with Crippen LogP contribution in [0.15, 0.2) is 48.5 Å². The van der Waals surface area contributed by atoms with Gasteiger partial charge in [0.25, 0.3) is 0 Å². The summed E-state index contributed by atoms with van der Waals surface area (Å²) in [6.07, 6.45) is 8.12. The Kier molecular flexibility index (Phi) is 12.2. The van der Waals surface area contributed by atoms with Crippen LogP contribution in [0.3, 0.4) is 0 Å². The van der Waals surface area contributed by atoms with Crippen molar-refractivity contribution < 1.29 is 28.9 Å². The first-order valence-corrected chi connectivity index (χ1v) is 13.7. The van der Waals surface area contributed by atoms with Crippen molar-refractivity contribution in [3.05, 3.63) is 54.1 Å². The van der Waals surface area contributed by atoms with Gasteiger partial charge < -0.3 is 29.5 Å². The monoisotopic (exact) mass is 526 g/mol. The molecule has 8 heteroatoms. The van der Waals surface area contributed by atoms with Crippen LogP contribution in [0.25, 0.3) is 0 Å². The molecule has 2 amide bonds. The lowest BCUT2D eigenvalue weighted by Gasteiger charge is -2.26. The maximum absolute atomic E-state index is 13.2. The maximum atomic E-state index is 13.2. The second kappa shape index (κ2) is 15.9. The molecule has 3 rings (SSSR count). The van der Waals surface area contributed by atoms with E-state index in [2.05, 4.69) is 5.32 Å². The van der Waals surface area contributed by atoms with Crippen LogP contribution in [0.1, 0.15) is 57.4 Å². The lowest BCUT2D eigenvalue weighted by Crippen LogP contribution is -2.38. The number of anilines is 1. The number of urea groups is 1. The molecule has 0 bridgehead atoms. The zero-order valence-electron chi connectivity index (χ0n) is 22.7. The van der Waals surface area contributed by atoms with Gasteiger partial charge in [0.2, 0.25) is 0 Å². The smallest absolute Gasteiger partial charge is 0.333 e. The highest BCUT2D eigenvalue weighted by Gasteiger charge is 2.19. The summed E-state index contributed by atoms with van der Waals surface area (Å²) in [7, 11) is 1.60. The molecule has 0 heterocycles. The van der Waals surface area contributed by atoms with Crippen LogP contribution < -0.4 is 14.8 Å². The number of hydrogen-bond donors (Lipinski definition) is 2. The molecular formula is C30H42N2O6. The summed E-state index contributed by atoms with van der Waals surface area (Å²) in [5, 5.41) is 12.3. The Morgan fingerprint density at radius 2 is 1.82 bits per heavy atom. The van der Waals surface area contributed by atoms with Gasteiger partial charge in [-0.1, -0.05) is 50.3 Å². The Morgan fingerprint density at radius 1 is 1.05 bits per heavy atom. The van der Waals surface area contributed by atoms with Crippen molar-refractivity contribution in [3.63, 3.8) is 0 Å². The Bertz CT molecular complexity index is 990. The molecule has 0 aromatic heterocycles. The molecule has 2 aromatic carbocycles. The van der Waals surface area contributed by atoms with Crippen LogP contribution >= 0.6 is 0 Å². The largest absolute Gasteiger partial charge is 0.497 e. The van der Waals surface area contributed by atoms with E-state index in [1.807, 2.05) is 47.4 Å². The number of aliphatic carboxylic acids is 1. The Labute approximate surface area is 226 Å². The van der Waals surface area contributed by atoms with E-state index in [9.17, 15) is 14.7 Å². The molecule has 1 saturated carbocycles. The molecule has 8 nitrogen and oxygen atoms in total. The standard InChI is InChI=1S/C30H42N2O6/c1-3-37-28(29(33)34)21-24-14-16-26(17-15-24)38-20-19-32(18-8-11-23-9-5-4-6-10-23)30(35)31-25-12-7-13-27(22-25)36-2/h7,12-17,22-23,28H,3-6,8-11,18-21H2,1-2H3,(H,31,35)(H,33,34). The summed E-state index contributed by atoms with van der Waals surface area (Å²) in [5.74, 6) is 1.16. The first-order valence-electron chi connectivity index (χ1n) is 13.7. The summed E-state index contributed by atoms with van der Waals surface area (Å²) < 4.78 is 16.5. The third-order valence-electron chi connectivity index (χ3n) is 6.99. The highest BCUT2D eigenvalue weighted by atomic mass is 16.5. The van der Waals surface area contributed by atoms with Crippen molar-refractivity contribution in [1.29, 1.82) is 0 Å². The van der Waals surface area contributed by atoms with Gasteiger partial charge in [0.05, 0.1) is 13.7 Å². The predicted octanol–water partition coefficient (Wildman–Crippen LogP) is 6.00. The SMILES string of the molecule is CCOC(Cc1ccc(OCCN(CCCC2CCCCC2)C(=O)Nc2cccc(OC)c2)cc1)C(=O)O. The van der Waals surface area contributed by atoms with Crippen molar-refractivity contribution in [2.45, 2.75) is 64.4 Å². The predicted molar refractivity (Wildman–Crippen MR) is 148 cm³/mol. The number of carboxylic acid groups (broad SMARTS) is 1. The van der Waals surface area contributed by atoms with Crippen LogP contribution in [0.2, 0.25) is 0 Å². The third-order valence-corrected chi connectivity index (χ3v) is 6.99. The average Bonchev–Trinajstić information content (AvgIpc) is 2.93. The fourth-order valence-corrected chi connectivity index (χ4v) is 4.89. The number of carbonyl (C=O) groups is 2. The van der Waals surface area contributed by atoms with Crippen molar-refractivity contribution in [3.8, 4) is 11.5 Å². The molecule has 2 N–H and O–H groups in total. The van der Waals surface area contributed by atoms with Crippen molar-refractivity contribution in [2.24, 2.45) is 5.92 Å². The molecule has 1 aliphatic rings. The average molecular weight is 527 g/mol. The number of carbonyl (C=O) groups excluding carboxylic acids is 1. The summed E-state index contributed by atoms with van der Waals surface area (Å²) >= 11 is 0. The van der Waals surface area contributed by atoms with Gasteiger partial charge in [-0.05, 0) is 55.5 Å². The van der Waals surface area contributed by atoms with Gasteiger partial charge >= 0.3 is 12.0 Å². The van der Waals surface area contributed by atoms with Crippen LogP contribution in [-0.2, 0) is 16.0 Å². The number of ether oxygens (including phenoxy) is 3. The molecule has 1 aliphatic carbocycles. The lowest BCUT2D eigenvalue weighted by molar-refractivity contribution is -0.149. The highest BCUT2D eigenvalue weighted by Crippen LogP contribution is 2.27. The zero-order chi connectivity index (χ0) is 27.2. The highest BCUT2D eigenvalue weighted by molar-refractivity contribution is 5.89. The van der Waals surface area contributed by atoms with Gasteiger partial charge in [0, 0.05) is 31.3 Å². The number of carboxylic acids is 1. The van der Waals surface area contributed by atoms with Crippen LogP contribution in [0.5, 0.6) is 11.5 Å². The van der Waals surface area contributed by atoms with Crippen molar-refractivity contribution >= 4 is 17.7 Å². The van der Waals surface area contributed by atoms with Crippen LogP contribution in [-0.4, -0.2) is 61.5 Å². The number of benzene rings is 2. The van der Waals surface area contributed by atoms with Gasteiger partial charge in [-0.25, -0.2) is 9.59 Å². The number of nitrogens with one attached hydrogen (secondary N) is 1. The van der Waals surface area contributed by atoms with Crippen molar-refractivity contribution in [2.75, 3.05) is 38.7 Å². The van der Waals surface area contributed by atoms with E-state index in [0.717, 1.165) is 24.3 Å². The van der Waals surface area contributed by atoms with E-state index in [4.69, 9.17) is 14.2 Å². The minimum absolute atomic E-state index is 0.156. The second-order valence-electron chi connectivity index (χ2n) is 9.77. The van der Waals surface area contributed by atoms with E-state index in [1.165, 1.54) is 32.1 Å². The first-order chi connectivity index (χ1) is 18.5. The van der Waals surface area contributed by atoms with E-state index >= 15 is 0 Å². The lowest BCUT2D eigenvalue weighted by atomic mass is 9.86. The summed E-state index contributed by atoms with van der Waals surface area (Å²) in [6.45, 7) is 3.60. The quantitative estimate of drug-likeness (QED) is 0.295. The van der Waals surface area contributed by atoms with Crippen molar-refractivity contribution in [1.82, 2.24) is 4.90 Å². The molecule has 1 fully saturated rings. The number of methoxy groups -OCH3 is 1. The fourth-order valence-electron chi connectivity index (χ4n) is 4.89. The van der Waals surface area contributed by atoms with Crippen LogP contribution in [0.4, 0.5) is 10.5 Å². The molecule has 0 radical (unpaired) electrons. The van der Waals surface area contributed by atoms with Gasteiger partial charge in [0.15, 0.2) is 6.10 Å². The Morgan fingerprint density at radius 3 is 2.50 bits per heavy atom. The zero-order valence-corrected chi connectivity index (χ0v) is 22.7. The van der Waals surface area contributed by atoms with E-state index in [0.29, 0.717) is 49.9 Å². The molecule has 38 heavy (non-hydrogen) atoms. The minimum atomic E-state index is -0.969. The van der Waals surface area contributed by atoms with Crippen LogP contribution in [0, 0.1) is 5.92 Å². The molecule has 2 aromatic rings.